The highest BCUT2D eigenvalue weighted by molar-refractivity contribution is 8.00. The van der Waals surface area contributed by atoms with Gasteiger partial charge in [0.15, 0.2) is 0 Å². The monoisotopic (exact) mass is 424 g/mol. The van der Waals surface area contributed by atoms with Gasteiger partial charge >= 0.3 is 5.97 Å². The van der Waals surface area contributed by atoms with Crippen molar-refractivity contribution >= 4 is 40.2 Å². The molecule has 0 aliphatic heterocycles. The standard InChI is InChI=1S/C22H17ClN2O3S/c1-28-21(27)12-29-22-17-10-16(18(23)11-19(17)24-25-22)14-8-6-13(7-9-14)15-4-2-3-5-20(15)26/h2-11,26H,12H2,1H3,(H,24,25). The molecule has 0 unspecified atom stereocenters. The number of carbonyl (C=O) groups excluding carboxylic acids is 1. The number of phenolic OH excluding ortho intramolecular Hbond substituents is 1. The van der Waals surface area contributed by atoms with Gasteiger partial charge in [0.1, 0.15) is 10.8 Å². The number of nitrogens with one attached hydrogen (secondary N) is 1. The first kappa shape index (κ1) is 19.4. The van der Waals surface area contributed by atoms with E-state index in [1.54, 1.807) is 12.1 Å². The molecule has 4 aromatic rings. The molecule has 0 fully saturated rings. The van der Waals surface area contributed by atoms with Crippen molar-refractivity contribution in [1.29, 1.82) is 0 Å². The number of halogens is 1. The van der Waals surface area contributed by atoms with Gasteiger partial charge in [0, 0.05) is 16.5 Å². The third-order valence-corrected chi connectivity index (χ3v) is 5.86. The fraction of sp³-hybridized carbons (Fsp3) is 0.0909. The van der Waals surface area contributed by atoms with Crippen LogP contribution in [0.15, 0.2) is 65.7 Å². The maximum absolute atomic E-state index is 11.4. The molecule has 0 amide bonds. The topological polar surface area (TPSA) is 75.2 Å². The highest BCUT2D eigenvalue weighted by atomic mass is 35.5. The van der Waals surface area contributed by atoms with E-state index in [0.29, 0.717) is 10.0 Å². The normalized spacial score (nSPS) is 11.0. The number of H-pyrrole nitrogens is 1. The van der Waals surface area contributed by atoms with E-state index in [0.717, 1.165) is 33.2 Å². The molecular weight excluding hydrogens is 408 g/mol. The predicted molar refractivity (Wildman–Crippen MR) is 116 cm³/mol. The molecule has 0 atom stereocenters. The van der Waals surface area contributed by atoms with Crippen LogP contribution in [0.4, 0.5) is 0 Å². The molecule has 0 bridgehead atoms. The molecule has 29 heavy (non-hydrogen) atoms. The van der Waals surface area contributed by atoms with Crippen LogP contribution < -0.4 is 0 Å². The second-order valence-corrected chi connectivity index (χ2v) is 7.74. The SMILES string of the molecule is COC(=O)CSc1n[nH]c2cc(Cl)c(-c3ccc(-c4ccccc4O)cc3)cc12. The van der Waals surface area contributed by atoms with Crippen molar-refractivity contribution < 1.29 is 14.6 Å². The Bertz CT molecular complexity index is 1190. The highest BCUT2D eigenvalue weighted by Gasteiger charge is 2.14. The number of para-hydroxylation sites is 1. The first-order valence-electron chi connectivity index (χ1n) is 8.83. The number of thioether (sulfide) groups is 1. The van der Waals surface area contributed by atoms with Gasteiger partial charge in [-0.1, -0.05) is 65.8 Å². The van der Waals surface area contributed by atoms with Gasteiger partial charge in [-0.15, -0.1) is 0 Å². The van der Waals surface area contributed by atoms with E-state index in [4.69, 9.17) is 16.3 Å². The van der Waals surface area contributed by atoms with Gasteiger partial charge in [0.25, 0.3) is 0 Å². The van der Waals surface area contributed by atoms with Crippen molar-refractivity contribution in [2.45, 2.75) is 5.03 Å². The van der Waals surface area contributed by atoms with E-state index in [-0.39, 0.29) is 17.5 Å². The molecule has 0 aliphatic rings. The number of aromatic hydroxyl groups is 1. The molecule has 0 saturated heterocycles. The van der Waals surface area contributed by atoms with Gasteiger partial charge in [-0.05, 0) is 29.3 Å². The zero-order valence-electron chi connectivity index (χ0n) is 15.5. The van der Waals surface area contributed by atoms with E-state index in [1.807, 2.05) is 48.5 Å². The summed E-state index contributed by atoms with van der Waals surface area (Å²) in [6, 6.07) is 18.9. The number of aromatic amines is 1. The molecule has 5 nitrogen and oxygen atoms in total. The van der Waals surface area contributed by atoms with Crippen LogP contribution in [0, 0.1) is 0 Å². The van der Waals surface area contributed by atoms with Crippen LogP contribution >= 0.6 is 23.4 Å². The highest BCUT2D eigenvalue weighted by Crippen LogP contribution is 2.36. The minimum Gasteiger partial charge on any atom is -0.507 e. The number of rotatable bonds is 5. The summed E-state index contributed by atoms with van der Waals surface area (Å²) < 4.78 is 4.69. The first-order valence-corrected chi connectivity index (χ1v) is 10.2. The third kappa shape index (κ3) is 3.95. The van der Waals surface area contributed by atoms with Crippen LogP contribution in [0.2, 0.25) is 5.02 Å². The lowest BCUT2D eigenvalue weighted by molar-refractivity contribution is -0.137. The van der Waals surface area contributed by atoms with E-state index in [9.17, 15) is 9.90 Å². The Balaban J connectivity index is 1.69. The Morgan fingerprint density at radius 3 is 2.48 bits per heavy atom. The zero-order valence-corrected chi connectivity index (χ0v) is 17.1. The quantitative estimate of drug-likeness (QED) is 0.326. The number of fused-ring (bicyclic) bond motifs is 1. The van der Waals surface area contributed by atoms with E-state index < -0.39 is 0 Å². The molecule has 3 aromatic carbocycles. The number of hydrogen-bond acceptors (Lipinski definition) is 5. The van der Waals surface area contributed by atoms with E-state index >= 15 is 0 Å². The lowest BCUT2D eigenvalue weighted by atomic mass is 9.99. The largest absolute Gasteiger partial charge is 0.507 e. The summed E-state index contributed by atoms with van der Waals surface area (Å²) in [7, 11) is 1.36. The summed E-state index contributed by atoms with van der Waals surface area (Å²) in [5.41, 5.74) is 4.31. The first-order chi connectivity index (χ1) is 14.1. The lowest BCUT2D eigenvalue weighted by Crippen LogP contribution is -2.02. The summed E-state index contributed by atoms with van der Waals surface area (Å²) in [6.07, 6.45) is 0. The summed E-state index contributed by atoms with van der Waals surface area (Å²) in [6.45, 7) is 0. The molecule has 2 N–H and O–H groups in total. The molecule has 0 radical (unpaired) electrons. The molecule has 1 heterocycles. The van der Waals surface area contributed by atoms with Crippen LogP contribution in [0.3, 0.4) is 0 Å². The average molecular weight is 425 g/mol. The van der Waals surface area contributed by atoms with Crippen molar-refractivity contribution in [2.75, 3.05) is 12.9 Å². The van der Waals surface area contributed by atoms with Gasteiger partial charge in [-0.25, -0.2) is 0 Å². The number of aromatic nitrogens is 2. The molecule has 0 spiro atoms. The Hall–Kier alpha value is -2.96. The Morgan fingerprint density at radius 1 is 1.10 bits per heavy atom. The van der Waals surface area contributed by atoms with Gasteiger partial charge in [0.2, 0.25) is 0 Å². The number of carbonyl (C=O) groups is 1. The minimum atomic E-state index is -0.305. The number of methoxy groups -OCH3 is 1. The van der Waals surface area contributed by atoms with E-state index in [2.05, 4.69) is 10.2 Å². The molecule has 0 saturated carbocycles. The van der Waals surface area contributed by atoms with Crippen molar-refractivity contribution in [1.82, 2.24) is 10.2 Å². The number of phenols is 1. The predicted octanol–water partition coefficient (Wildman–Crippen LogP) is 5.52. The summed E-state index contributed by atoms with van der Waals surface area (Å²) in [4.78, 5) is 11.4. The molecule has 0 aliphatic carbocycles. The van der Waals surface area contributed by atoms with Crippen LogP contribution in [0.1, 0.15) is 0 Å². The lowest BCUT2D eigenvalue weighted by Gasteiger charge is -2.08. The molecular formula is C22H17ClN2O3S. The van der Waals surface area contributed by atoms with Crippen molar-refractivity contribution in [2.24, 2.45) is 0 Å². The summed E-state index contributed by atoms with van der Waals surface area (Å²) in [5.74, 6) is 0.120. The number of benzene rings is 3. The fourth-order valence-corrected chi connectivity index (χ4v) is 4.16. The minimum absolute atomic E-state index is 0.184. The maximum Gasteiger partial charge on any atom is 0.316 e. The second kappa shape index (κ2) is 8.19. The van der Waals surface area contributed by atoms with Crippen LogP contribution in [0.25, 0.3) is 33.2 Å². The van der Waals surface area contributed by atoms with Gasteiger partial charge < -0.3 is 9.84 Å². The number of esters is 1. The summed E-state index contributed by atoms with van der Waals surface area (Å²) >= 11 is 7.82. The van der Waals surface area contributed by atoms with E-state index in [1.165, 1.54) is 18.9 Å². The number of ether oxygens (including phenoxy) is 1. The number of hydrogen-bond donors (Lipinski definition) is 2. The van der Waals surface area contributed by atoms with Gasteiger partial charge in [-0.2, -0.15) is 5.10 Å². The molecule has 1 aromatic heterocycles. The Kier molecular flexibility index (Phi) is 5.47. The molecule has 7 heteroatoms. The zero-order chi connectivity index (χ0) is 20.4. The third-order valence-electron chi connectivity index (χ3n) is 4.58. The number of nitrogens with zero attached hydrogens (tertiary/aromatic N) is 1. The summed E-state index contributed by atoms with van der Waals surface area (Å²) in [5, 5.41) is 19.5. The maximum atomic E-state index is 11.4. The van der Waals surface area contributed by atoms with Crippen LogP contribution in [0.5, 0.6) is 5.75 Å². The van der Waals surface area contributed by atoms with Gasteiger partial charge in [0.05, 0.1) is 23.4 Å². The van der Waals surface area contributed by atoms with Crippen LogP contribution in [-0.4, -0.2) is 34.1 Å². The fourth-order valence-electron chi connectivity index (χ4n) is 3.08. The van der Waals surface area contributed by atoms with Crippen molar-refractivity contribution in [3.63, 3.8) is 0 Å². The molecule has 4 rings (SSSR count). The van der Waals surface area contributed by atoms with Crippen LogP contribution in [-0.2, 0) is 9.53 Å². The smallest absolute Gasteiger partial charge is 0.316 e. The van der Waals surface area contributed by atoms with Gasteiger partial charge in [-0.3, -0.25) is 9.89 Å². The average Bonchev–Trinajstić information content (AvgIpc) is 3.13. The molecule has 146 valence electrons. The van der Waals surface area contributed by atoms with Crippen molar-refractivity contribution in [3.05, 3.63) is 65.7 Å². The van der Waals surface area contributed by atoms with Crippen molar-refractivity contribution in [3.8, 4) is 28.0 Å². The Morgan fingerprint density at radius 2 is 1.79 bits per heavy atom. The second-order valence-electron chi connectivity index (χ2n) is 6.37. The Labute approximate surface area is 176 Å².